The number of alkyl halides is 1. The maximum absolute atomic E-state index is 13.9. The molecule has 2 N–H and O–H groups in total. The second-order valence-corrected chi connectivity index (χ2v) is 5.01. The summed E-state index contributed by atoms with van der Waals surface area (Å²) in [6.45, 7) is 6.36. The van der Waals surface area contributed by atoms with E-state index in [1.165, 1.54) is 5.56 Å². The van der Waals surface area contributed by atoms with Crippen molar-refractivity contribution in [2.75, 3.05) is 6.54 Å². The van der Waals surface area contributed by atoms with Crippen molar-refractivity contribution >= 4 is 0 Å². The van der Waals surface area contributed by atoms with Crippen molar-refractivity contribution in [2.24, 2.45) is 11.1 Å². The Bertz CT molecular complexity index is 297. The van der Waals surface area contributed by atoms with Crippen LogP contribution in [0.5, 0.6) is 0 Å². The molecule has 0 aromatic heterocycles. The summed E-state index contributed by atoms with van der Waals surface area (Å²) in [6.07, 6.45) is -0.0586. The van der Waals surface area contributed by atoms with Gasteiger partial charge in [0, 0.05) is 0 Å². The van der Waals surface area contributed by atoms with Gasteiger partial charge < -0.3 is 5.73 Å². The Balaban J connectivity index is 2.80. The minimum atomic E-state index is -0.913. The van der Waals surface area contributed by atoms with E-state index in [2.05, 4.69) is 0 Å². The molecule has 1 nitrogen and oxygen atoms in total. The second kappa shape index (κ2) is 4.75. The molecule has 1 atom stereocenters. The van der Waals surface area contributed by atoms with Gasteiger partial charge in [0.15, 0.2) is 0 Å². The van der Waals surface area contributed by atoms with Crippen molar-refractivity contribution < 1.29 is 4.39 Å². The molecule has 0 fully saturated rings. The Labute approximate surface area is 91.5 Å². The van der Waals surface area contributed by atoms with Gasteiger partial charge in [-0.25, -0.2) is 4.39 Å². The summed E-state index contributed by atoms with van der Waals surface area (Å²) in [6, 6.07) is 7.64. The summed E-state index contributed by atoms with van der Waals surface area (Å²) < 4.78 is 13.9. The lowest BCUT2D eigenvalue weighted by atomic mass is 9.86. The number of benzene rings is 1. The van der Waals surface area contributed by atoms with Crippen molar-refractivity contribution in [3.63, 3.8) is 0 Å². The van der Waals surface area contributed by atoms with E-state index >= 15 is 0 Å². The molecule has 84 valence electrons. The fraction of sp³-hybridized carbons (Fsp3) is 0.538. The van der Waals surface area contributed by atoms with Crippen LogP contribution in [0.2, 0.25) is 0 Å². The zero-order valence-electron chi connectivity index (χ0n) is 9.76. The van der Waals surface area contributed by atoms with Gasteiger partial charge in [-0.2, -0.15) is 0 Å². The van der Waals surface area contributed by atoms with E-state index < -0.39 is 6.17 Å². The molecule has 0 aliphatic rings. The van der Waals surface area contributed by atoms with Crippen LogP contribution in [0.4, 0.5) is 4.39 Å². The van der Waals surface area contributed by atoms with Crippen molar-refractivity contribution in [3.05, 3.63) is 35.4 Å². The first kappa shape index (κ1) is 12.2. The minimum absolute atomic E-state index is 0.338. The van der Waals surface area contributed by atoms with Crippen LogP contribution in [0.3, 0.4) is 0 Å². The predicted octanol–water partition coefficient (Wildman–Crippen LogP) is 3.24. The van der Waals surface area contributed by atoms with E-state index in [-0.39, 0.29) is 5.41 Å². The molecule has 0 aliphatic carbocycles. The molecule has 0 spiro atoms. The van der Waals surface area contributed by atoms with Gasteiger partial charge in [0.2, 0.25) is 0 Å². The molecule has 2 heteroatoms. The first-order chi connectivity index (χ1) is 6.95. The number of halogens is 1. The molecule has 1 aromatic carbocycles. The van der Waals surface area contributed by atoms with Crippen molar-refractivity contribution in [2.45, 2.75) is 33.4 Å². The summed E-state index contributed by atoms with van der Waals surface area (Å²) in [5, 5.41) is 0. The van der Waals surface area contributed by atoms with Crippen molar-refractivity contribution in [3.8, 4) is 0 Å². The lowest BCUT2D eigenvalue weighted by molar-refractivity contribution is 0.165. The zero-order valence-corrected chi connectivity index (χ0v) is 9.76. The normalized spacial score (nSPS) is 13.9. The van der Waals surface area contributed by atoms with Gasteiger partial charge in [0.05, 0.1) is 0 Å². The van der Waals surface area contributed by atoms with Crippen LogP contribution < -0.4 is 5.73 Å². The van der Waals surface area contributed by atoms with Crippen LogP contribution in [-0.2, 0) is 6.42 Å². The highest BCUT2D eigenvalue weighted by molar-refractivity contribution is 5.25. The molecular formula is C13H20FN. The maximum Gasteiger partial charge on any atom is 0.130 e. The first-order valence-corrected chi connectivity index (χ1v) is 5.38. The summed E-state index contributed by atoms with van der Waals surface area (Å²) in [7, 11) is 0. The fourth-order valence-electron chi connectivity index (χ4n) is 1.52. The smallest absolute Gasteiger partial charge is 0.130 e. The molecule has 0 amide bonds. The molecule has 1 unspecified atom stereocenters. The molecule has 0 saturated heterocycles. The standard InChI is InChI=1S/C13H20FN/c1-13(2,3)12(14)11-6-4-10(5-7-11)8-9-15/h4-7,12H,8-9,15H2,1-3H3. The summed E-state index contributed by atoms with van der Waals surface area (Å²) in [5.74, 6) is 0. The first-order valence-electron chi connectivity index (χ1n) is 5.38. The van der Waals surface area contributed by atoms with Crippen LogP contribution >= 0.6 is 0 Å². The van der Waals surface area contributed by atoms with Gasteiger partial charge in [0.25, 0.3) is 0 Å². The molecule has 1 rings (SSSR count). The quantitative estimate of drug-likeness (QED) is 0.812. The van der Waals surface area contributed by atoms with E-state index in [0.717, 1.165) is 12.0 Å². The molecular weight excluding hydrogens is 189 g/mol. The van der Waals surface area contributed by atoms with E-state index in [9.17, 15) is 4.39 Å². The summed E-state index contributed by atoms with van der Waals surface area (Å²) >= 11 is 0. The molecule has 0 bridgehead atoms. The highest BCUT2D eigenvalue weighted by Crippen LogP contribution is 2.35. The van der Waals surface area contributed by atoms with Gasteiger partial charge in [-0.1, -0.05) is 45.0 Å². The lowest BCUT2D eigenvalue weighted by Gasteiger charge is -2.24. The molecule has 0 aliphatic heterocycles. The third-order valence-corrected chi connectivity index (χ3v) is 2.47. The highest BCUT2D eigenvalue weighted by Gasteiger charge is 2.25. The highest BCUT2D eigenvalue weighted by atomic mass is 19.1. The zero-order chi connectivity index (χ0) is 11.5. The number of nitrogens with two attached hydrogens (primary N) is 1. The Kier molecular flexibility index (Phi) is 3.86. The number of hydrogen-bond acceptors (Lipinski definition) is 1. The minimum Gasteiger partial charge on any atom is -0.330 e. The molecule has 1 aromatic rings. The largest absolute Gasteiger partial charge is 0.330 e. The topological polar surface area (TPSA) is 26.0 Å². The Morgan fingerprint density at radius 3 is 2.13 bits per heavy atom. The van der Waals surface area contributed by atoms with E-state index in [4.69, 9.17) is 5.73 Å². The Morgan fingerprint density at radius 1 is 1.20 bits per heavy atom. The molecule has 0 heterocycles. The average molecular weight is 209 g/mol. The SMILES string of the molecule is CC(C)(C)C(F)c1ccc(CCN)cc1. The van der Waals surface area contributed by atoms with E-state index in [1.807, 2.05) is 45.0 Å². The fourth-order valence-corrected chi connectivity index (χ4v) is 1.52. The van der Waals surface area contributed by atoms with Crippen molar-refractivity contribution in [1.29, 1.82) is 0 Å². The monoisotopic (exact) mass is 209 g/mol. The van der Waals surface area contributed by atoms with Gasteiger partial charge in [0.1, 0.15) is 6.17 Å². The van der Waals surface area contributed by atoms with Gasteiger partial charge in [-0.05, 0) is 29.5 Å². The van der Waals surface area contributed by atoms with Crippen LogP contribution in [0, 0.1) is 5.41 Å². The number of hydrogen-bond donors (Lipinski definition) is 1. The Hall–Kier alpha value is -0.890. The predicted molar refractivity (Wildman–Crippen MR) is 62.5 cm³/mol. The third-order valence-electron chi connectivity index (χ3n) is 2.47. The van der Waals surface area contributed by atoms with Crippen LogP contribution in [0.25, 0.3) is 0 Å². The third kappa shape index (κ3) is 3.31. The number of rotatable bonds is 3. The molecule has 0 saturated carbocycles. The second-order valence-electron chi connectivity index (χ2n) is 5.01. The van der Waals surface area contributed by atoms with Gasteiger partial charge >= 0.3 is 0 Å². The van der Waals surface area contributed by atoms with Crippen LogP contribution in [-0.4, -0.2) is 6.54 Å². The molecule has 15 heavy (non-hydrogen) atoms. The van der Waals surface area contributed by atoms with Crippen molar-refractivity contribution in [1.82, 2.24) is 0 Å². The van der Waals surface area contributed by atoms with E-state index in [0.29, 0.717) is 6.54 Å². The maximum atomic E-state index is 13.9. The van der Waals surface area contributed by atoms with Crippen LogP contribution in [0.15, 0.2) is 24.3 Å². The van der Waals surface area contributed by atoms with Crippen LogP contribution in [0.1, 0.15) is 38.1 Å². The lowest BCUT2D eigenvalue weighted by Crippen LogP contribution is -2.14. The average Bonchev–Trinajstić information content (AvgIpc) is 2.17. The molecule has 0 radical (unpaired) electrons. The van der Waals surface area contributed by atoms with Gasteiger partial charge in [-0.3, -0.25) is 0 Å². The Morgan fingerprint density at radius 2 is 1.73 bits per heavy atom. The summed E-state index contributed by atoms with van der Waals surface area (Å²) in [5.41, 5.74) is 7.04. The summed E-state index contributed by atoms with van der Waals surface area (Å²) in [4.78, 5) is 0. The van der Waals surface area contributed by atoms with E-state index in [1.54, 1.807) is 0 Å². The van der Waals surface area contributed by atoms with Gasteiger partial charge in [-0.15, -0.1) is 0 Å².